The number of aryl methyl sites for hydroxylation is 2. The molecule has 118 valence electrons. The highest BCUT2D eigenvalue weighted by Gasteiger charge is 2.28. The van der Waals surface area contributed by atoms with Crippen molar-refractivity contribution in [2.24, 2.45) is 0 Å². The molecular formula is C21H23NO. The second kappa shape index (κ2) is 6.41. The Bertz CT molecular complexity index is 730. The number of hydrogen-bond acceptors (Lipinski definition) is 1. The largest absolute Gasteiger partial charge is 0.346 e. The molecule has 1 N–H and O–H groups in total. The molecule has 0 radical (unpaired) electrons. The Morgan fingerprint density at radius 1 is 1.04 bits per heavy atom. The fraction of sp³-hybridized carbons (Fsp3) is 0.286. The van der Waals surface area contributed by atoms with Crippen molar-refractivity contribution in [3.8, 4) is 0 Å². The summed E-state index contributed by atoms with van der Waals surface area (Å²) in [6.07, 6.45) is 3.34. The number of hydrogen-bond donors (Lipinski definition) is 1. The van der Waals surface area contributed by atoms with E-state index in [0.29, 0.717) is 5.92 Å². The molecule has 0 saturated heterocycles. The number of benzene rings is 2. The van der Waals surface area contributed by atoms with Crippen LogP contribution in [0.2, 0.25) is 0 Å². The van der Waals surface area contributed by atoms with Gasteiger partial charge < -0.3 is 5.32 Å². The molecule has 0 unspecified atom stereocenters. The zero-order valence-electron chi connectivity index (χ0n) is 13.8. The highest BCUT2D eigenvalue weighted by atomic mass is 16.1. The quantitative estimate of drug-likeness (QED) is 0.827. The lowest BCUT2D eigenvalue weighted by atomic mass is 9.76. The average molecular weight is 305 g/mol. The molecule has 23 heavy (non-hydrogen) atoms. The molecule has 3 rings (SSSR count). The van der Waals surface area contributed by atoms with E-state index in [1.54, 1.807) is 0 Å². The molecule has 0 fully saturated rings. The van der Waals surface area contributed by atoms with E-state index < -0.39 is 0 Å². The standard InChI is InChI=1S/C21H23NO/c1-4-21(23)22-20-12-11-17(16-8-5-14(2)6-9-16)19-13-15(3)7-10-18(19)20/h4-10,13,17,20H,1,11-12H2,2-3H3,(H,22,23)/t17-,20-/m1/s1. The van der Waals surface area contributed by atoms with Crippen LogP contribution in [-0.2, 0) is 4.79 Å². The van der Waals surface area contributed by atoms with Gasteiger partial charge in [-0.15, -0.1) is 0 Å². The summed E-state index contributed by atoms with van der Waals surface area (Å²) in [5.74, 6) is 0.303. The third kappa shape index (κ3) is 3.21. The van der Waals surface area contributed by atoms with Gasteiger partial charge >= 0.3 is 0 Å². The third-order valence-electron chi connectivity index (χ3n) is 4.72. The van der Waals surface area contributed by atoms with Crippen LogP contribution in [0, 0.1) is 13.8 Å². The molecule has 2 heteroatoms. The second-order valence-corrected chi connectivity index (χ2v) is 6.44. The molecule has 1 aliphatic carbocycles. The van der Waals surface area contributed by atoms with Crippen molar-refractivity contribution in [3.63, 3.8) is 0 Å². The van der Waals surface area contributed by atoms with Gasteiger partial charge in [0.05, 0.1) is 6.04 Å². The Balaban J connectivity index is 2.00. The summed E-state index contributed by atoms with van der Waals surface area (Å²) in [4.78, 5) is 11.7. The van der Waals surface area contributed by atoms with E-state index in [4.69, 9.17) is 0 Å². The van der Waals surface area contributed by atoms with Crippen molar-refractivity contribution in [2.75, 3.05) is 0 Å². The molecule has 2 aromatic rings. The molecule has 2 atom stereocenters. The predicted molar refractivity (Wildman–Crippen MR) is 94.5 cm³/mol. The summed E-state index contributed by atoms with van der Waals surface area (Å²) in [6, 6.07) is 15.5. The summed E-state index contributed by atoms with van der Waals surface area (Å²) in [5.41, 5.74) is 6.48. The summed E-state index contributed by atoms with van der Waals surface area (Å²) in [5, 5.41) is 3.07. The molecule has 0 aliphatic heterocycles. The summed E-state index contributed by atoms with van der Waals surface area (Å²) < 4.78 is 0. The maximum atomic E-state index is 11.7. The number of amides is 1. The van der Waals surface area contributed by atoms with E-state index in [1.165, 1.54) is 33.9 Å². The normalized spacial score (nSPS) is 19.7. The van der Waals surface area contributed by atoms with E-state index >= 15 is 0 Å². The maximum absolute atomic E-state index is 11.7. The second-order valence-electron chi connectivity index (χ2n) is 6.44. The fourth-order valence-corrected chi connectivity index (χ4v) is 3.48. The number of rotatable bonds is 3. The van der Waals surface area contributed by atoms with Gasteiger partial charge in [0.25, 0.3) is 0 Å². The number of fused-ring (bicyclic) bond motifs is 1. The van der Waals surface area contributed by atoms with Crippen molar-refractivity contribution in [1.82, 2.24) is 5.32 Å². The van der Waals surface area contributed by atoms with Crippen LogP contribution in [0.4, 0.5) is 0 Å². The van der Waals surface area contributed by atoms with E-state index in [1.807, 2.05) is 0 Å². The van der Waals surface area contributed by atoms with Crippen LogP contribution in [0.1, 0.15) is 52.6 Å². The van der Waals surface area contributed by atoms with Gasteiger partial charge in [-0.25, -0.2) is 0 Å². The van der Waals surface area contributed by atoms with Gasteiger partial charge in [0.2, 0.25) is 5.91 Å². The zero-order chi connectivity index (χ0) is 16.4. The molecule has 0 bridgehead atoms. The lowest BCUT2D eigenvalue weighted by Crippen LogP contribution is -2.30. The minimum absolute atomic E-state index is 0.0813. The highest BCUT2D eigenvalue weighted by molar-refractivity contribution is 5.87. The summed E-state index contributed by atoms with van der Waals surface area (Å²) in [6.45, 7) is 7.79. The minimum atomic E-state index is -0.102. The molecule has 1 aliphatic rings. The van der Waals surface area contributed by atoms with Crippen LogP contribution in [0.3, 0.4) is 0 Å². The van der Waals surface area contributed by atoms with Crippen LogP contribution >= 0.6 is 0 Å². The van der Waals surface area contributed by atoms with E-state index in [2.05, 4.69) is 68.2 Å². The third-order valence-corrected chi connectivity index (χ3v) is 4.72. The lowest BCUT2D eigenvalue weighted by molar-refractivity contribution is -0.117. The molecule has 0 spiro atoms. The van der Waals surface area contributed by atoms with Crippen LogP contribution in [0.5, 0.6) is 0 Å². The van der Waals surface area contributed by atoms with Gasteiger partial charge in [0.15, 0.2) is 0 Å². The smallest absolute Gasteiger partial charge is 0.243 e. The van der Waals surface area contributed by atoms with Gasteiger partial charge in [0, 0.05) is 5.92 Å². The number of carbonyl (C=O) groups is 1. The van der Waals surface area contributed by atoms with Crippen molar-refractivity contribution >= 4 is 5.91 Å². The van der Waals surface area contributed by atoms with Crippen molar-refractivity contribution in [3.05, 3.63) is 82.9 Å². The first-order valence-corrected chi connectivity index (χ1v) is 8.18. The topological polar surface area (TPSA) is 29.1 Å². The predicted octanol–water partition coefficient (Wildman–Crippen LogP) is 4.57. The van der Waals surface area contributed by atoms with Crippen LogP contribution in [0.25, 0.3) is 0 Å². The summed E-state index contributed by atoms with van der Waals surface area (Å²) >= 11 is 0. The monoisotopic (exact) mass is 305 g/mol. The number of carbonyl (C=O) groups excluding carboxylic acids is 1. The average Bonchev–Trinajstić information content (AvgIpc) is 2.55. The molecule has 0 saturated carbocycles. The Morgan fingerprint density at radius 2 is 1.74 bits per heavy atom. The van der Waals surface area contributed by atoms with Gasteiger partial charge in [-0.2, -0.15) is 0 Å². The Kier molecular flexibility index (Phi) is 4.33. The lowest BCUT2D eigenvalue weighted by Gasteiger charge is -2.32. The Hall–Kier alpha value is -2.35. The zero-order valence-corrected chi connectivity index (χ0v) is 13.8. The van der Waals surface area contributed by atoms with E-state index in [-0.39, 0.29) is 11.9 Å². The van der Waals surface area contributed by atoms with Crippen LogP contribution < -0.4 is 5.32 Å². The summed E-state index contributed by atoms with van der Waals surface area (Å²) in [7, 11) is 0. The van der Waals surface area contributed by atoms with Crippen LogP contribution in [0.15, 0.2) is 55.1 Å². The van der Waals surface area contributed by atoms with E-state index in [9.17, 15) is 4.79 Å². The fourth-order valence-electron chi connectivity index (χ4n) is 3.48. The van der Waals surface area contributed by atoms with Crippen molar-refractivity contribution in [1.29, 1.82) is 0 Å². The van der Waals surface area contributed by atoms with Crippen molar-refractivity contribution in [2.45, 2.75) is 38.6 Å². The van der Waals surface area contributed by atoms with Gasteiger partial charge in [0.1, 0.15) is 0 Å². The molecule has 1 amide bonds. The Labute approximate surface area is 138 Å². The first-order chi connectivity index (χ1) is 11.1. The van der Waals surface area contributed by atoms with E-state index in [0.717, 1.165) is 12.8 Å². The first kappa shape index (κ1) is 15.5. The van der Waals surface area contributed by atoms with Gasteiger partial charge in [-0.1, -0.05) is 60.2 Å². The Morgan fingerprint density at radius 3 is 2.43 bits per heavy atom. The van der Waals surface area contributed by atoms with Gasteiger partial charge in [-0.3, -0.25) is 4.79 Å². The SMILES string of the molecule is C=CC(=O)N[C@@H]1CC[C@H](c2ccc(C)cc2)c2cc(C)ccc21. The van der Waals surface area contributed by atoms with Gasteiger partial charge in [-0.05, 0) is 49.5 Å². The molecule has 0 aromatic heterocycles. The van der Waals surface area contributed by atoms with Crippen molar-refractivity contribution < 1.29 is 4.79 Å². The highest BCUT2D eigenvalue weighted by Crippen LogP contribution is 2.41. The molecule has 0 heterocycles. The maximum Gasteiger partial charge on any atom is 0.243 e. The molecular weight excluding hydrogens is 282 g/mol. The molecule has 2 nitrogen and oxygen atoms in total. The molecule has 2 aromatic carbocycles. The minimum Gasteiger partial charge on any atom is -0.346 e. The van der Waals surface area contributed by atoms with Crippen LogP contribution in [-0.4, -0.2) is 5.91 Å². The number of nitrogens with one attached hydrogen (secondary N) is 1. The first-order valence-electron chi connectivity index (χ1n) is 8.18.